The molecule has 1 heterocycles. The number of rotatable bonds is 4. The van der Waals surface area contributed by atoms with Gasteiger partial charge in [-0.15, -0.1) is 0 Å². The lowest BCUT2D eigenvalue weighted by Gasteiger charge is -2.03. The summed E-state index contributed by atoms with van der Waals surface area (Å²) in [4.78, 5) is 5.60. The van der Waals surface area contributed by atoms with E-state index in [9.17, 15) is 0 Å². The molecule has 1 rings (SSSR count). The second kappa shape index (κ2) is 4.58. The van der Waals surface area contributed by atoms with Gasteiger partial charge in [0.1, 0.15) is 0 Å². The Labute approximate surface area is 83.1 Å². The Kier molecular flexibility index (Phi) is 3.69. The second-order valence-corrected chi connectivity index (χ2v) is 4.34. The molecule has 0 aliphatic heterocycles. The first-order chi connectivity index (χ1) is 6.13. The number of hydrogen-bond donors (Lipinski definition) is 1. The Morgan fingerprint density at radius 1 is 1.54 bits per heavy atom. The Morgan fingerprint density at radius 3 is 2.77 bits per heavy atom. The highest BCUT2D eigenvalue weighted by Crippen LogP contribution is 2.23. The maximum atomic E-state index is 5.07. The van der Waals surface area contributed by atoms with E-state index in [0.717, 1.165) is 10.8 Å². The molecule has 0 aliphatic rings. The van der Waals surface area contributed by atoms with Gasteiger partial charge in [-0.25, -0.2) is 4.98 Å². The van der Waals surface area contributed by atoms with Crippen LogP contribution < -0.4 is 5.32 Å². The summed E-state index contributed by atoms with van der Waals surface area (Å²) >= 11 is 1.67. The molecule has 0 saturated carbocycles. The van der Waals surface area contributed by atoms with Gasteiger partial charge >= 0.3 is 0 Å². The van der Waals surface area contributed by atoms with E-state index < -0.39 is 0 Å². The van der Waals surface area contributed by atoms with Crippen LogP contribution in [-0.2, 0) is 11.3 Å². The first-order valence-electron chi connectivity index (χ1n) is 4.35. The summed E-state index contributed by atoms with van der Waals surface area (Å²) in [6.45, 7) is 6.87. The zero-order valence-electron chi connectivity index (χ0n) is 8.55. The zero-order valence-corrected chi connectivity index (χ0v) is 9.36. The summed E-state index contributed by atoms with van der Waals surface area (Å²) in [5.41, 5.74) is 1.06. The number of aryl methyl sites for hydroxylation is 1. The van der Waals surface area contributed by atoms with E-state index >= 15 is 0 Å². The van der Waals surface area contributed by atoms with E-state index in [-0.39, 0.29) is 0 Å². The van der Waals surface area contributed by atoms with E-state index in [0.29, 0.717) is 12.6 Å². The molecule has 0 saturated heterocycles. The minimum atomic E-state index is 0.431. The molecule has 1 N–H and O–H groups in total. The molecular formula is C9H16N2OS. The van der Waals surface area contributed by atoms with Crippen molar-refractivity contribution in [2.45, 2.75) is 33.4 Å². The topological polar surface area (TPSA) is 34.1 Å². The number of ether oxygens (including phenoxy) is 1. The highest BCUT2D eigenvalue weighted by molar-refractivity contribution is 7.15. The Balaban J connectivity index is 2.70. The maximum Gasteiger partial charge on any atom is 0.183 e. The molecule has 13 heavy (non-hydrogen) atoms. The van der Waals surface area contributed by atoms with Gasteiger partial charge in [0.25, 0.3) is 0 Å². The Hall–Kier alpha value is -0.610. The lowest BCUT2D eigenvalue weighted by Crippen LogP contribution is -2.08. The van der Waals surface area contributed by atoms with E-state index in [2.05, 4.69) is 24.1 Å². The highest BCUT2D eigenvalue weighted by Gasteiger charge is 2.07. The van der Waals surface area contributed by atoms with Gasteiger partial charge in [-0.05, 0) is 20.8 Å². The van der Waals surface area contributed by atoms with Crippen LogP contribution in [0.2, 0.25) is 0 Å². The first kappa shape index (κ1) is 10.5. The van der Waals surface area contributed by atoms with Crippen molar-refractivity contribution in [3.8, 4) is 0 Å². The molecule has 1 aromatic rings. The predicted octanol–water partition coefficient (Wildman–Crippen LogP) is 2.42. The van der Waals surface area contributed by atoms with Crippen molar-refractivity contribution in [3.05, 3.63) is 10.6 Å². The standard InChI is InChI=1S/C9H16N2OS/c1-6(2)10-9-11-7(3)8(13-9)5-12-4/h6H,5H2,1-4H3,(H,10,11). The van der Waals surface area contributed by atoms with Gasteiger partial charge < -0.3 is 10.1 Å². The summed E-state index contributed by atoms with van der Waals surface area (Å²) in [5.74, 6) is 0. The quantitative estimate of drug-likeness (QED) is 0.810. The van der Waals surface area contributed by atoms with Gasteiger partial charge in [-0.2, -0.15) is 0 Å². The van der Waals surface area contributed by atoms with Crippen LogP contribution in [0.25, 0.3) is 0 Å². The van der Waals surface area contributed by atoms with Gasteiger partial charge in [0.05, 0.1) is 17.2 Å². The van der Waals surface area contributed by atoms with Crippen LogP contribution in [0, 0.1) is 6.92 Å². The fourth-order valence-electron chi connectivity index (χ4n) is 1.00. The second-order valence-electron chi connectivity index (χ2n) is 3.26. The third-order valence-electron chi connectivity index (χ3n) is 1.58. The van der Waals surface area contributed by atoms with Gasteiger partial charge in [-0.3, -0.25) is 0 Å². The molecule has 0 aliphatic carbocycles. The Morgan fingerprint density at radius 2 is 2.23 bits per heavy atom. The number of nitrogens with zero attached hydrogens (tertiary/aromatic N) is 1. The summed E-state index contributed by atoms with van der Waals surface area (Å²) in [7, 11) is 1.70. The van der Waals surface area contributed by atoms with Crippen molar-refractivity contribution < 1.29 is 4.74 Å². The normalized spacial score (nSPS) is 10.8. The van der Waals surface area contributed by atoms with Gasteiger partial charge in [0.15, 0.2) is 5.13 Å². The van der Waals surface area contributed by atoms with Crippen LogP contribution in [0.5, 0.6) is 0 Å². The number of methoxy groups -OCH3 is 1. The Bertz CT molecular complexity index is 271. The van der Waals surface area contributed by atoms with Crippen molar-refractivity contribution in [1.29, 1.82) is 0 Å². The molecule has 0 bridgehead atoms. The number of thiazole rings is 1. The monoisotopic (exact) mass is 200 g/mol. The van der Waals surface area contributed by atoms with Crippen molar-refractivity contribution in [2.75, 3.05) is 12.4 Å². The van der Waals surface area contributed by atoms with Gasteiger partial charge in [0.2, 0.25) is 0 Å². The lowest BCUT2D eigenvalue weighted by atomic mass is 10.4. The van der Waals surface area contributed by atoms with Crippen LogP contribution in [0.15, 0.2) is 0 Å². The lowest BCUT2D eigenvalue weighted by molar-refractivity contribution is 0.187. The molecule has 0 radical (unpaired) electrons. The molecular weight excluding hydrogens is 184 g/mol. The molecule has 0 spiro atoms. The highest BCUT2D eigenvalue weighted by atomic mass is 32.1. The smallest absolute Gasteiger partial charge is 0.183 e. The largest absolute Gasteiger partial charge is 0.379 e. The van der Waals surface area contributed by atoms with Crippen molar-refractivity contribution in [2.24, 2.45) is 0 Å². The summed E-state index contributed by atoms with van der Waals surface area (Å²) in [6.07, 6.45) is 0. The third kappa shape index (κ3) is 2.97. The molecule has 0 unspecified atom stereocenters. The minimum absolute atomic E-state index is 0.431. The average Bonchev–Trinajstić information content (AvgIpc) is 2.31. The number of anilines is 1. The van der Waals surface area contributed by atoms with Crippen LogP contribution in [0.3, 0.4) is 0 Å². The van der Waals surface area contributed by atoms with E-state index in [4.69, 9.17) is 4.74 Å². The van der Waals surface area contributed by atoms with Crippen molar-refractivity contribution >= 4 is 16.5 Å². The SMILES string of the molecule is COCc1sc(NC(C)C)nc1C. The predicted molar refractivity (Wildman–Crippen MR) is 56.3 cm³/mol. The van der Waals surface area contributed by atoms with Gasteiger partial charge in [-0.1, -0.05) is 11.3 Å². The first-order valence-corrected chi connectivity index (χ1v) is 5.17. The molecule has 0 amide bonds. The van der Waals surface area contributed by atoms with Crippen molar-refractivity contribution in [3.63, 3.8) is 0 Å². The average molecular weight is 200 g/mol. The fraction of sp³-hybridized carbons (Fsp3) is 0.667. The molecule has 74 valence electrons. The number of hydrogen-bond acceptors (Lipinski definition) is 4. The van der Waals surface area contributed by atoms with E-state index in [1.54, 1.807) is 18.4 Å². The number of aromatic nitrogens is 1. The maximum absolute atomic E-state index is 5.07. The number of nitrogens with one attached hydrogen (secondary N) is 1. The summed E-state index contributed by atoms with van der Waals surface area (Å²) in [6, 6.07) is 0.431. The molecule has 1 aromatic heterocycles. The van der Waals surface area contributed by atoms with Crippen molar-refractivity contribution in [1.82, 2.24) is 4.98 Å². The molecule has 4 heteroatoms. The van der Waals surface area contributed by atoms with Crippen LogP contribution >= 0.6 is 11.3 Å². The zero-order chi connectivity index (χ0) is 9.84. The van der Waals surface area contributed by atoms with Crippen LogP contribution in [-0.4, -0.2) is 18.1 Å². The molecule has 0 atom stereocenters. The van der Waals surface area contributed by atoms with E-state index in [1.807, 2.05) is 6.92 Å². The molecule has 0 aromatic carbocycles. The molecule has 3 nitrogen and oxygen atoms in total. The van der Waals surface area contributed by atoms with Crippen LogP contribution in [0.1, 0.15) is 24.4 Å². The van der Waals surface area contributed by atoms with Gasteiger partial charge in [0, 0.05) is 13.2 Å². The van der Waals surface area contributed by atoms with E-state index in [1.165, 1.54) is 4.88 Å². The van der Waals surface area contributed by atoms with Crippen LogP contribution in [0.4, 0.5) is 5.13 Å². The minimum Gasteiger partial charge on any atom is -0.379 e. The third-order valence-corrected chi connectivity index (χ3v) is 2.64. The molecule has 0 fully saturated rings. The summed E-state index contributed by atoms with van der Waals surface area (Å²) < 4.78 is 5.07. The fourth-order valence-corrected chi connectivity index (χ4v) is 2.08. The summed E-state index contributed by atoms with van der Waals surface area (Å²) in [5, 5.41) is 4.26.